The van der Waals surface area contributed by atoms with Gasteiger partial charge in [0.15, 0.2) is 11.6 Å². The molecule has 3 rings (SSSR count). The quantitative estimate of drug-likeness (QED) is 0.564. The summed E-state index contributed by atoms with van der Waals surface area (Å²) in [4.78, 5) is 24.1. The molecule has 2 aromatic rings. The lowest BCUT2D eigenvalue weighted by molar-refractivity contribution is -0.115. The summed E-state index contributed by atoms with van der Waals surface area (Å²) in [7, 11) is -3.84. The van der Waals surface area contributed by atoms with Crippen molar-refractivity contribution < 1.29 is 31.5 Å². The van der Waals surface area contributed by atoms with Gasteiger partial charge in [0.05, 0.1) is 17.5 Å². The highest BCUT2D eigenvalue weighted by molar-refractivity contribution is 7.89. The Morgan fingerprint density at radius 1 is 1.10 bits per heavy atom. The van der Waals surface area contributed by atoms with Crippen LogP contribution < -0.4 is 15.4 Å². The lowest BCUT2D eigenvalue weighted by atomic mass is 10.2. The van der Waals surface area contributed by atoms with Gasteiger partial charge in [-0.3, -0.25) is 9.59 Å². The minimum absolute atomic E-state index is 0.0311. The van der Waals surface area contributed by atoms with E-state index in [0.717, 1.165) is 25.0 Å². The standard InChI is InChI=1S/C20H21F2N3O5S/c21-17-7-6-14(10-18(17)22)25-19(26)12-23-20(27)13-3-1-5-16(9-13)31(28,29)24-11-15-4-2-8-30-15/h1,3,5-7,9-10,15,24H,2,4,8,11-12H2,(H,23,27)(H,25,26). The molecule has 11 heteroatoms. The fourth-order valence-electron chi connectivity index (χ4n) is 2.94. The second-order valence-electron chi connectivity index (χ2n) is 6.87. The minimum Gasteiger partial charge on any atom is -0.377 e. The molecule has 0 bridgehead atoms. The van der Waals surface area contributed by atoms with Crippen LogP contribution in [0.3, 0.4) is 0 Å². The molecule has 1 aliphatic rings. The molecule has 166 valence electrons. The number of rotatable bonds is 8. The van der Waals surface area contributed by atoms with Gasteiger partial charge >= 0.3 is 0 Å². The van der Waals surface area contributed by atoms with Crippen LogP contribution in [0.15, 0.2) is 47.4 Å². The van der Waals surface area contributed by atoms with Crippen molar-refractivity contribution >= 4 is 27.5 Å². The van der Waals surface area contributed by atoms with E-state index in [1.54, 1.807) is 0 Å². The van der Waals surface area contributed by atoms with Crippen LogP contribution in [0, 0.1) is 11.6 Å². The highest BCUT2D eigenvalue weighted by atomic mass is 32.2. The van der Waals surface area contributed by atoms with E-state index in [-0.39, 0.29) is 28.8 Å². The molecule has 1 fully saturated rings. The summed E-state index contributed by atoms with van der Waals surface area (Å²) in [6, 6.07) is 8.22. The summed E-state index contributed by atoms with van der Waals surface area (Å²) in [5, 5.41) is 4.66. The van der Waals surface area contributed by atoms with Gasteiger partial charge in [0.25, 0.3) is 5.91 Å². The third-order valence-corrected chi connectivity index (χ3v) is 5.97. The monoisotopic (exact) mass is 453 g/mol. The third-order valence-electron chi connectivity index (χ3n) is 4.54. The van der Waals surface area contributed by atoms with Gasteiger partial charge in [-0.15, -0.1) is 0 Å². The van der Waals surface area contributed by atoms with Crippen LogP contribution in [0.1, 0.15) is 23.2 Å². The third kappa shape index (κ3) is 6.29. The summed E-state index contributed by atoms with van der Waals surface area (Å²) < 4.78 is 58.9. The largest absolute Gasteiger partial charge is 0.377 e. The lowest BCUT2D eigenvalue weighted by Crippen LogP contribution is -2.33. The predicted molar refractivity (Wildman–Crippen MR) is 108 cm³/mol. The number of nitrogens with one attached hydrogen (secondary N) is 3. The molecule has 1 aliphatic heterocycles. The maximum atomic E-state index is 13.2. The van der Waals surface area contributed by atoms with Gasteiger partial charge in [-0.05, 0) is 43.2 Å². The maximum absolute atomic E-state index is 13.2. The first kappa shape index (κ1) is 22.8. The summed E-state index contributed by atoms with van der Waals surface area (Å²) in [5.41, 5.74) is 0.0733. The van der Waals surface area contributed by atoms with Crippen molar-refractivity contribution in [2.75, 3.05) is 25.0 Å². The first-order chi connectivity index (χ1) is 14.7. The van der Waals surface area contributed by atoms with Gasteiger partial charge in [-0.1, -0.05) is 6.07 Å². The Kier molecular flexibility index (Phi) is 7.31. The van der Waals surface area contributed by atoms with Gasteiger partial charge in [-0.25, -0.2) is 21.9 Å². The molecule has 2 aromatic carbocycles. The fraction of sp³-hybridized carbons (Fsp3) is 0.300. The maximum Gasteiger partial charge on any atom is 0.251 e. The normalized spacial score (nSPS) is 16.1. The highest BCUT2D eigenvalue weighted by Gasteiger charge is 2.21. The van der Waals surface area contributed by atoms with Crippen LogP contribution in [-0.2, 0) is 19.6 Å². The van der Waals surface area contributed by atoms with E-state index in [4.69, 9.17) is 4.74 Å². The van der Waals surface area contributed by atoms with Crippen molar-refractivity contribution in [3.63, 3.8) is 0 Å². The van der Waals surface area contributed by atoms with E-state index in [2.05, 4.69) is 15.4 Å². The van der Waals surface area contributed by atoms with Crippen LogP contribution in [-0.4, -0.2) is 46.0 Å². The van der Waals surface area contributed by atoms with Crippen LogP contribution in [0.4, 0.5) is 14.5 Å². The Morgan fingerprint density at radius 3 is 2.61 bits per heavy atom. The number of halogens is 2. The zero-order chi connectivity index (χ0) is 22.4. The molecule has 31 heavy (non-hydrogen) atoms. The highest BCUT2D eigenvalue weighted by Crippen LogP contribution is 2.15. The second-order valence-corrected chi connectivity index (χ2v) is 8.64. The van der Waals surface area contributed by atoms with E-state index < -0.39 is 40.0 Å². The number of hydrogen-bond acceptors (Lipinski definition) is 5. The Labute approximate surface area is 178 Å². The molecule has 0 radical (unpaired) electrons. The van der Waals surface area contributed by atoms with Gasteiger partial charge < -0.3 is 15.4 Å². The zero-order valence-electron chi connectivity index (χ0n) is 16.4. The van der Waals surface area contributed by atoms with Crippen LogP contribution in [0.25, 0.3) is 0 Å². The van der Waals surface area contributed by atoms with E-state index in [1.165, 1.54) is 30.3 Å². The SMILES string of the molecule is O=C(CNC(=O)c1cccc(S(=O)(=O)NCC2CCCO2)c1)Nc1ccc(F)c(F)c1. The molecule has 8 nitrogen and oxygen atoms in total. The molecular formula is C20H21F2N3O5S. The molecule has 0 saturated carbocycles. The number of amides is 2. The number of carbonyl (C=O) groups excluding carboxylic acids is 2. The average Bonchev–Trinajstić information content (AvgIpc) is 3.27. The van der Waals surface area contributed by atoms with Crippen molar-refractivity contribution in [3.05, 3.63) is 59.7 Å². The molecular weight excluding hydrogens is 432 g/mol. The van der Waals surface area contributed by atoms with Crippen LogP contribution in [0.5, 0.6) is 0 Å². The molecule has 0 aromatic heterocycles. The summed E-state index contributed by atoms with van der Waals surface area (Å²) in [6.45, 7) is 0.292. The smallest absolute Gasteiger partial charge is 0.251 e. The Hall–Kier alpha value is -2.89. The lowest BCUT2D eigenvalue weighted by Gasteiger charge is -2.12. The number of benzene rings is 2. The number of hydrogen-bond donors (Lipinski definition) is 3. The summed E-state index contributed by atoms with van der Waals surface area (Å²) in [5.74, 6) is -3.50. The van der Waals surface area contributed by atoms with Gasteiger partial charge in [-0.2, -0.15) is 0 Å². The summed E-state index contributed by atoms with van der Waals surface area (Å²) in [6.07, 6.45) is 1.48. The molecule has 0 aliphatic carbocycles. The van der Waals surface area contributed by atoms with Crippen LogP contribution in [0.2, 0.25) is 0 Å². The van der Waals surface area contributed by atoms with Crippen molar-refractivity contribution in [2.45, 2.75) is 23.8 Å². The number of anilines is 1. The zero-order valence-corrected chi connectivity index (χ0v) is 17.2. The number of ether oxygens (including phenoxy) is 1. The van der Waals surface area contributed by atoms with Gasteiger partial charge in [0, 0.05) is 30.5 Å². The van der Waals surface area contributed by atoms with Gasteiger partial charge in [0.2, 0.25) is 15.9 Å². The Morgan fingerprint density at radius 2 is 1.90 bits per heavy atom. The minimum atomic E-state index is -3.84. The Bertz CT molecular complexity index is 1070. The van der Waals surface area contributed by atoms with Crippen molar-refractivity contribution in [3.8, 4) is 0 Å². The van der Waals surface area contributed by atoms with E-state index >= 15 is 0 Å². The fourth-order valence-corrected chi connectivity index (χ4v) is 4.05. The average molecular weight is 453 g/mol. The van der Waals surface area contributed by atoms with E-state index in [0.29, 0.717) is 6.61 Å². The topological polar surface area (TPSA) is 114 Å². The molecule has 0 spiro atoms. The van der Waals surface area contributed by atoms with Crippen molar-refractivity contribution in [2.24, 2.45) is 0 Å². The number of carbonyl (C=O) groups is 2. The first-order valence-corrected chi connectivity index (χ1v) is 11.0. The molecule has 1 heterocycles. The molecule has 1 unspecified atom stereocenters. The molecule has 1 atom stereocenters. The van der Waals surface area contributed by atoms with Gasteiger partial charge in [0.1, 0.15) is 0 Å². The summed E-state index contributed by atoms with van der Waals surface area (Å²) >= 11 is 0. The van der Waals surface area contributed by atoms with Crippen molar-refractivity contribution in [1.29, 1.82) is 0 Å². The predicted octanol–water partition coefficient (Wildman–Crippen LogP) is 1.79. The number of sulfonamides is 1. The Balaban J connectivity index is 1.56. The molecule has 3 N–H and O–H groups in total. The van der Waals surface area contributed by atoms with Crippen LogP contribution >= 0.6 is 0 Å². The van der Waals surface area contributed by atoms with E-state index in [1.807, 2.05) is 0 Å². The molecule has 2 amide bonds. The van der Waals surface area contributed by atoms with Crippen molar-refractivity contribution in [1.82, 2.24) is 10.0 Å². The molecule has 1 saturated heterocycles. The second kappa shape index (κ2) is 9.94. The van der Waals surface area contributed by atoms with E-state index in [9.17, 15) is 26.8 Å². The first-order valence-electron chi connectivity index (χ1n) is 9.49.